The summed E-state index contributed by atoms with van der Waals surface area (Å²) < 4.78 is 7.82. The predicted octanol–water partition coefficient (Wildman–Crippen LogP) is 16.7. The van der Waals surface area contributed by atoms with E-state index in [-0.39, 0.29) is 0 Å². The lowest BCUT2D eigenvalue weighted by molar-refractivity contribution is 1.31. The molecule has 3 aromatic heterocycles. The van der Waals surface area contributed by atoms with Crippen LogP contribution in [0.3, 0.4) is 0 Å². The maximum absolute atomic E-state index is 2.55. The average Bonchev–Trinajstić information content (AvgIpc) is 3.96. The fourth-order valence-corrected chi connectivity index (χ4v) is 12.4. The zero-order valence-electron chi connectivity index (χ0n) is 30.1. The molecule has 0 aliphatic carbocycles. The highest BCUT2D eigenvalue weighted by atomic mass is 32.1. The molecular weight excluding hydrogens is 735 g/mol. The van der Waals surface area contributed by atoms with E-state index in [1.165, 1.54) is 99.2 Å². The zero-order valence-corrected chi connectivity index (χ0v) is 32.5. The van der Waals surface area contributed by atoms with Crippen molar-refractivity contribution in [1.82, 2.24) is 0 Å². The maximum Gasteiger partial charge on any atom is 0.0555 e. The first-order valence-corrected chi connectivity index (χ1v) is 21.4. The van der Waals surface area contributed by atoms with Crippen LogP contribution in [0, 0.1) is 0 Å². The van der Waals surface area contributed by atoms with Gasteiger partial charge in [0.15, 0.2) is 0 Å². The van der Waals surface area contributed by atoms with Crippen LogP contribution in [0.15, 0.2) is 188 Å². The van der Waals surface area contributed by atoms with Gasteiger partial charge in [0, 0.05) is 71.8 Å². The summed E-state index contributed by atoms with van der Waals surface area (Å²) in [5, 5.41) is 10.4. The highest BCUT2D eigenvalue weighted by Crippen LogP contribution is 2.53. The van der Waals surface area contributed by atoms with Crippen molar-refractivity contribution in [3.63, 3.8) is 0 Å². The summed E-state index contributed by atoms with van der Waals surface area (Å²) in [6.45, 7) is 0. The summed E-state index contributed by atoms with van der Waals surface area (Å²) in [4.78, 5) is 2.55. The van der Waals surface area contributed by atoms with E-state index >= 15 is 0 Å². The molecule has 56 heavy (non-hydrogen) atoms. The van der Waals surface area contributed by atoms with E-state index < -0.39 is 0 Å². The molecule has 4 heteroatoms. The van der Waals surface area contributed by atoms with Gasteiger partial charge in [-0.05, 0) is 76.0 Å². The van der Waals surface area contributed by atoms with Crippen molar-refractivity contribution in [1.29, 1.82) is 0 Å². The first-order chi connectivity index (χ1) is 27.8. The molecule has 0 bridgehead atoms. The smallest absolute Gasteiger partial charge is 0.0555 e. The Hall–Kier alpha value is -6.30. The summed E-state index contributed by atoms with van der Waals surface area (Å²) in [6.07, 6.45) is 0. The van der Waals surface area contributed by atoms with Gasteiger partial charge in [-0.1, -0.05) is 140 Å². The summed E-state index contributed by atoms with van der Waals surface area (Å²) in [6, 6.07) is 69.7. The van der Waals surface area contributed by atoms with Crippen LogP contribution in [-0.4, -0.2) is 0 Å². The van der Waals surface area contributed by atoms with Crippen LogP contribution in [0.2, 0.25) is 0 Å². The Balaban J connectivity index is 1.22. The minimum atomic E-state index is 1.15. The largest absolute Gasteiger partial charge is 0.309 e. The highest BCUT2D eigenvalue weighted by molar-refractivity contribution is 7.27. The Morgan fingerprint density at radius 2 is 0.946 bits per heavy atom. The lowest BCUT2D eigenvalue weighted by Crippen LogP contribution is -2.12. The van der Waals surface area contributed by atoms with Gasteiger partial charge in [0.25, 0.3) is 0 Å². The molecule has 0 atom stereocenters. The number of thiophene rings is 3. The molecule has 9 aromatic carbocycles. The normalized spacial score (nSPS) is 11.9. The van der Waals surface area contributed by atoms with Crippen LogP contribution in [0.1, 0.15) is 0 Å². The second kappa shape index (κ2) is 12.6. The van der Waals surface area contributed by atoms with E-state index in [0.29, 0.717) is 0 Å². The number of hydrogen-bond donors (Lipinski definition) is 0. The van der Waals surface area contributed by atoms with Crippen molar-refractivity contribution in [2.24, 2.45) is 0 Å². The summed E-state index contributed by atoms with van der Waals surface area (Å²) in [5.41, 5.74) is 8.37. The topological polar surface area (TPSA) is 3.24 Å². The van der Waals surface area contributed by atoms with Gasteiger partial charge < -0.3 is 4.90 Å². The molecule has 12 rings (SSSR count). The Morgan fingerprint density at radius 3 is 1.82 bits per heavy atom. The third-order valence-corrected chi connectivity index (χ3v) is 14.7. The summed E-state index contributed by atoms with van der Waals surface area (Å²) in [5.74, 6) is 0. The SMILES string of the molecule is c1ccc(-c2cccc(N(c3ccc4c(c3)sc3ccccc34)c3cccc4sc5ccccc5c34)c2-c2cccc3sc4c5ccccc5ccc4c23)cc1. The van der Waals surface area contributed by atoms with Gasteiger partial charge in [0.1, 0.15) is 0 Å². The van der Waals surface area contributed by atoms with Crippen LogP contribution in [-0.2, 0) is 0 Å². The number of anilines is 3. The second-order valence-corrected chi connectivity index (χ2v) is 17.6. The van der Waals surface area contributed by atoms with Crippen LogP contribution < -0.4 is 4.90 Å². The van der Waals surface area contributed by atoms with Crippen molar-refractivity contribution >= 4 is 122 Å². The van der Waals surface area contributed by atoms with Crippen molar-refractivity contribution in [3.8, 4) is 22.3 Å². The standard InChI is InChI=1S/C52H31NS3/c1-2-13-32(14-3-1)35-19-10-21-42(49(35)40-20-11-25-46-50(40)41-29-27-33-15-4-5-16-36(33)52(41)56-46)53(34-28-30-38-37-17-6-8-23-44(37)55-48(38)31-34)43-22-12-26-47-51(43)39-18-7-9-24-45(39)54-47/h1-31H. The molecule has 0 fully saturated rings. The quantitative estimate of drug-likeness (QED) is 0.169. The van der Waals surface area contributed by atoms with E-state index in [2.05, 4.69) is 193 Å². The third-order valence-electron chi connectivity index (χ3n) is 11.3. The molecule has 0 radical (unpaired) electrons. The molecule has 3 heterocycles. The molecule has 0 spiro atoms. The Bertz CT molecular complexity index is 3500. The molecule has 0 aliphatic rings. The Labute approximate surface area is 335 Å². The lowest BCUT2D eigenvalue weighted by Gasteiger charge is -2.30. The van der Waals surface area contributed by atoms with Gasteiger partial charge in [-0.25, -0.2) is 0 Å². The van der Waals surface area contributed by atoms with Crippen molar-refractivity contribution in [2.75, 3.05) is 4.90 Å². The minimum absolute atomic E-state index is 1.15. The average molecular weight is 766 g/mol. The number of rotatable bonds is 5. The monoisotopic (exact) mass is 765 g/mol. The van der Waals surface area contributed by atoms with Crippen LogP contribution in [0.25, 0.3) is 93.5 Å². The molecule has 1 nitrogen and oxygen atoms in total. The first kappa shape index (κ1) is 32.0. The first-order valence-electron chi connectivity index (χ1n) is 18.9. The van der Waals surface area contributed by atoms with E-state index in [4.69, 9.17) is 0 Å². The third kappa shape index (κ3) is 4.83. The molecule has 262 valence electrons. The highest BCUT2D eigenvalue weighted by Gasteiger charge is 2.26. The fourth-order valence-electron chi connectivity index (χ4n) is 8.83. The molecule has 0 amide bonds. The van der Waals surface area contributed by atoms with Gasteiger partial charge in [0.05, 0.1) is 11.4 Å². The second-order valence-electron chi connectivity index (χ2n) is 14.4. The van der Waals surface area contributed by atoms with E-state index in [9.17, 15) is 0 Å². The summed E-state index contributed by atoms with van der Waals surface area (Å²) >= 11 is 5.65. The van der Waals surface area contributed by atoms with Crippen molar-refractivity contribution in [3.05, 3.63) is 188 Å². The number of benzene rings is 9. The zero-order chi connectivity index (χ0) is 36.7. The van der Waals surface area contributed by atoms with Crippen molar-refractivity contribution < 1.29 is 0 Å². The van der Waals surface area contributed by atoms with E-state index in [1.807, 2.05) is 34.0 Å². The molecule has 0 saturated heterocycles. The molecular formula is C52H31NS3. The fraction of sp³-hybridized carbons (Fsp3) is 0. The summed E-state index contributed by atoms with van der Waals surface area (Å²) in [7, 11) is 0. The van der Waals surface area contributed by atoms with Gasteiger partial charge in [-0.3, -0.25) is 0 Å². The molecule has 0 aliphatic heterocycles. The van der Waals surface area contributed by atoms with Crippen molar-refractivity contribution in [2.45, 2.75) is 0 Å². The van der Waals surface area contributed by atoms with Crippen LogP contribution in [0.5, 0.6) is 0 Å². The van der Waals surface area contributed by atoms with Gasteiger partial charge in [-0.2, -0.15) is 0 Å². The van der Waals surface area contributed by atoms with Gasteiger partial charge in [0.2, 0.25) is 0 Å². The molecule has 0 saturated carbocycles. The molecule has 12 aromatic rings. The molecule has 0 unspecified atom stereocenters. The Morgan fingerprint density at radius 1 is 0.339 bits per heavy atom. The van der Waals surface area contributed by atoms with Crippen LogP contribution >= 0.6 is 34.0 Å². The number of hydrogen-bond acceptors (Lipinski definition) is 4. The maximum atomic E-state index is 2.55. The van der Waals surface area contributed by atoms with Gasteiger partial charge in [-0.15, -0.1) is 34.0 Å². The van der Waals surface area contributed by atoms with E-state index in [0.717, 1.165) is 11.4 Å². The minimum Gasteiger partial charge on any atom is -0.309 e. The Kier molecular flexibility index (Phi) is 7.21. The molecule has 0 N–H and O–H groups in total. The lowest BCUT2D eigenvalue weighted by atomic mass is 9.89. The predicted molar refractivity (Wildman–Crippen MR) is 248 cm³/mol. The number of fused-ring (bicyclic) bond motifs is 11. The number of nitrogens with zero attached hydrogens (tertiary/aromatic N) is 1. The van der Waals surface area contributed by atoms with Crippen LogP contribution in [0.4, 0.5) is 17.1 Å². The van der Waals surface area contributed by atoms with Gasteiger partial charge >= 0.3 is 0 Å². The van der Waals surface area contributed by atoms with E-state index in [1.54, 1.807) is 0 Å².